The maximum atomic E-state index is 16.5. The van der Waals surface area contributed by atoms with Crippen molar-refractivity contribution in [1.82, 2.24) is 25.2 Å². The summed E-state index contributed by atoms with van der Waals surface area (Å²) < 4.78 is 37.3. The molecular weight excluding hydrogens is 558 g/mol. The molecular formula is C27H27ClF2N8OS. The lowest BCUT2D eigenvalue weighted by atomic mass is 10.0. The molecule has 6 rings (SSSR count). The van der Waals surface area contributed by atoms with Crippen molar-refractivity contribution in [3.05, 3.63) is 34.9 Å². The molecule has 4 heterocycles. The number of hydrogen-bond acceptors (Lipinski definition) is 10. The molecule has 208 valence electrons. The number of anilines is 2. The molecule has 0 radical (unpaired) electrons. The SMILES string of the molecule is CN1CCC[C@H]1COc1nc(N2CCNC(CC#N)C2)c2cc(Cl)c(-c3ccc(F)c4sc(N)nc34)c(F)c2n1. The van der Waals surface area contributed by atoms with Crippen LogP contribution < -0.4 is 20.7 Å². The molecule has 3 N–H and O–H groups in total. The number of benzene rings is 2. The monoisotopic (exact) mass is 584 g/mol. The number of hydrogen-bond donors (Lipinski definition) is 2. The van der Waals surface area contributed by atoms with Gasteiger partial charge in [-0.3, -0.25) is 0 Å². The molecule has 2 aromatic carbocycles. The van der Waals surface area contributed by atoms with Gasteiger partial charge in [0.1, 0.15) is 23.8 Å². The van der Waals surface area contributed by atoms with E-state index in [4.69, 9.17) is 27.1 Å². The molecule has 2 aromatic heterocycles. The van der Waals surface area contributed by atoms with Crippen molar-refractivity contribution in [3.63, 3.8) is 0 Å². The summed E-state index contributed by atoms with van der Waals surface area (Å²) in [6.07, 6.45) is 2.41. The highest BCUT2D eigenvalue weighted by atomic mass is 35.5. The molecule has 2 saturated heterocycles. The molecule has 13 heteroatoms. The molecule has 2 atom stereocenters. The first-order valence-corrected chi connectivity index (χ1v) is 14.3. The maximum Gasteiger partial charge on any atom is 0.319 e. The predicted molar refractivity (Wildman–Crippen MR) is 153 cm³/mol. The Balaban J connectivity index is 1.50. The van der Waals surface area contributed by atoms with E-state index in [-0.39, 0.29) is 49.5 Å². The summed E-state index contributed by atoms with van der Waals surface area (Å²) in [5, 5.41) is 13.3. The molecule has 2 aliphatic rings. The van der Waals surface area contributed by atoms with Gasteiger partial charge in [0, 0.05) is 48.2 Å². The largest absolute Gasteiger partial charge is 0.462 e. The number of thiazole rings is 1. The first-order valence-electron chi connectivity index (χ1n) is 13.1. The zero-order valence-electron chi connectivity index (χ0n) is 21.8. The number of nitrogens with zero attached hydrogens (tertiary/aromatic N) is 6. The minimum absolute atomic E-state index is 0.0372. The summed E-state index contributed by atoms with van der Waals surface area (Å²) in [5.41, 5.74) is 6.51. The Morgan fingerprint density at radius 3 is 2.88 bits per heavy atom. The number of aromatic nitrogens is 3. The molecule has 40 heavy (non-hydrogen) atoms. The number of likely N-dealkylation sites (tertiary alicyclic amines) is 1. The van der Waals surface area contributed by atoms with Crippen molar-refractivity contribution >= 4 is 55.0 Å². The highest BCUT2D eigenvalue weighted by Gasteiger charge is 2.28. The van der Waals surface area contributed by atoms with E-state index in [1.807, 2.05) is 11.9 Å². The third kappa shape index (κ3) is 4.88. The summed E-state index contributed by atoms with van der Waals surface area (Å²) in [6.45, 7) is 3.09. The number of nitrogens with one attached hydrogen (secondary N) is 1. The number of halogens is 3. The van der Waals surface area contributed by atoms with Crippen molar-refractivity contribution in [3.8, 4) is 23.2 Å². The third-order valence-electron chi connectivity index (χ3n) is 7.59. The van der Waals surface area contributed by atoms with E-state index in [2.05, 4.69) is 26.3 Å². The zero-order chi connectivity index (χ0) is 28.0. The fourth-order valence-electron chi connectivity index (χ4n) is 5.53. The number of rotatable bonds is 6. The third-order valence-corrected chi connectivity index (χ3v) is 8.78. The Labute approximate surface area is 238 Å². The van der Waals surface area contributed by atoms with Crippen LogP contribution in [0.1, 0.15) is 19.3 Å². The van der Waals surface area contributed by atoms with Gasteiger partial charge in [-0.1, -0.05) is 22.9 Å². The summed E-state index contributed by atoms with van der Waals surface area (Å²) in [5.74, 6) is -0.691. The van der Waals surface area contributed by atoms with E-state index in [9.17, 15) is 9.65 Å². The molecule has 0 amide bonds. The van der Waals surface area contributed by atoms with Crippen LogP contribution in [-0.4, -0.2) is 71.8 Å². The standard InChI is InChI=1S/C27H27ClF2N8OS/c1-37-9-2-3-15(37)13-39-27-35-22-17(25(36-27)38-10-8-33-14(12-38)6-7-31)11-18(28)20(21(22)30)16-4-5-19(29)24-23(16)34-26(32)40-24/h4-5,11,14-15,33H,2-3,6,8-10,12-13H2,1H3,(H2,32,34)/t14?,15-/m0/s1. The van der Waals surface area contributed by atoms with Gasteiger partial charge in [-0.05, 0) is 44.6 Å². The highest BCUT2D eigenvalue weighted by molar-refractivity contribution is 7.22. The molecule has 2 fully saturated rings. The number of nitrogen functional groups attached to an aromatic ring is 1. The number of likely N-dealkylation sites (N-methyl/N-ethyl adjacent to an activating group) is 1. The molecule has 1 unspecified atom stereocenters. The van der Waals surface area contributed by atoms with Gasteiger partial charge >= 0.3 is 6.01 Å². The van der Waals surface area contributed by atoms with Gasteiger partial charge in [0.05, 0.1) is 27.7 Å². The summed E-state index contributed by atoms with van der Waals surface area (Å²) in [4.78, 5) is 17.7. The predicted octanol–water partition coefficient (Wildman–Crippen LogP) is 4.59. The Morgan fingerprint density at radius 1 is 1.25 bits per heavy atom. The van der Waals surface area contributed by atoms with Crippen molar-refractivity contribution in [2.75, 3.05) is 50.5 Å². The highest BCUT2D eigenvalue weighted by Crippen LogP contribution is 2.42. The van der Waals surface area contributed by atoms with Crippen LogP contribution >= 0.6 is 22.9 Å². The van der Waals surface area contributed by atoms with Gasteiger partial charge in [-0.2, -0.15) is 15.2 Å². The average Bonchev–Trinajstić information content (AvgIpc) is 3.54. The molecule has 2 aliphatic heterocycles. The molecule has 0 bridgehead atoms. The number of ether oxygens (including phenoxy) is 1. The molecule has 4 aromatic rings. The number of nitriles is 1. The molecule has 0 aliphatic carbocycles. The topological polar surface area (TPSA) is 116 Å². The lowest BCUT2D eigenvalue weighted by Gasteiger charge is -2.34. The van der Waals surface area contributed by atoms with Crippen LogP contribution in [0.4, 0.5) is 19.7 Å². The minimum atomic E-state index is -0.683. The van der Waals surface area contributed by atoms with Gasteiger partial charge in [-0.15, -0.1) is 0 Å². The average molecular weight is 585 g/mol. The second-order valence-corrected chi connectivity index (χ2v) is 11.6. The Kier molecular flexibility index (Phi) is 7.31. The fraction of sp³-hybridized carbons (Fsp3) is 0.407. The van der Waals surface area contributed by atoms with E-state index in [1.165, 1.54) is 12.1 Å². The first kappa shape index (κ1) is 26.8. The lowest BCUT2D eigenvalue weighted by Crippen LogP contribution is -2.51. The van der Waals surface area contributed by atoms with Crippen LogP contribution in [0, 0.1) is 23.0 Å². The second-order valence-electron chi connectivity index (χ2n) is 10.1. The van der Waals surface area contributed by atoms with Gasteiger partial charge in [0.15, 0.2) is 10.9 Å². The van der Waals surface area contributed by atoms with E-state index in [1.54, 1.807) is 6.07 Å². The Morgan fingerprint density at radius 2 is 2.10 bits per heavy atom. The van der Waals surface area contributed by atoms with E-state index < -0.39 is 11.6 Å². The quantitative estimate of drug-likeness (QED) is 0.336. The minimum Gasteiger partial charge on any atom is -0.462 e. The van der Waals surface area contributed by atoms with E-state index >= 15 is 4.39 Å². The van der Waals surface area contributed by atoms with Crippen LogP contribution in [0.2, 0.25) is 5.02 Å². The zero-order valence-corrected chi connectivity index (χ0v) is 23.3. The van der Waals surface area contributed by atoms with Crippen LogP contribution in [0.25, 0.3) is 32.2 Å². The van der Waals surface area contributed by atoms with E-state index in [0.717, 1.165) is 30.7 Å². The van der Waals surface area contributed by atoms with Crippen LogP contribution in [0.5, 0.6) is 6.01 Å². The van der Waals surface area contributed by atoms with Crippen molar-refractivity contribution in [1.29, 1.82) is 5.26 Å². The van der Waals surface area contributed by atoms with Gasteiger partial charge in [0.2, 0.25) is 0 Å². The number of nitrogens with two attached hydrogens (primary N) is 1. The van der Waals surface area contributed by atoms with Crippen molar-refractivity contribution in [2.24, 2.45) is 0 Å². The Hall–Kier alpha value is -3.37. The normalized spacial score (nSPS) is 19.9. The fourth-order valence-corrected chi connectivity index (χ4v) is 6.59. The summed E-state index contributed by atoms with van der Waals surface area (Å²) in [7, 11) is 2.05. The second kappa shape index (κ2) is 10.9. The number of piperazine rings is 1. The van der Waals surface area contributed by atoms with Gasteiger partial charge in [0.25, 0.3) is 0 Å². The Bertz CT molecular complexity index is 1640. The van der Waals surface area contributed by atoms with Crippen molar-refractivity contribution < 1.29 is 13.5 Å². The summed E-state index contributed by atoms with van der Waals surface area (Å²) in [6, 6.07) is 6.75. The van der Waals surface area contributed by atoms with Gasteiger partial charge < -0.3 is 25.6 Å². The van der Waals surface area contributed by atoms with Gasteiger partial charge in [-0.25, -0.2) is 13.8 Å². The van der Waals surface area contributed by atoms with Crippen molar-refractivity contribution in [2.45, 2.75) is 31.3 Å². The molecule has 0 saturated carbocycles. The van der Waals surface area contributed by atoms with E-state index in [0.29, 0.717) is 49.4 Å². The van der Waals surface area contributed by atoms with Crippen LogP contribution in [0.3, 0.4) is 0 Å². The first-order chi connectivity index (χ1) is 19.3. The smallest absolute Gasteiger partial charge is 0.319 e. The summed E-state index contributed by atoms with van der Waals surface area (Å²) >= 11 is 7.72. The maximum absolute atomic E-state index is 16.5. The lowest BCUT2D eigenvalue weighted by molar-refractivity contribution is 0.188. The molecule has 0 spiro atoms. The number of fused-ring (bicyclic) bond motifs is 2. The van der Waals surface area contributed by atoms with Crippen LogP contribution in [0.15, 0.2) is 18.2 Å². The van der Waals surface area contributed by atoms with Crippen LogP contribution in [-0.2, 0) is 0 Å². The molecule has 9 nitrogen and oxygen atoms in total.